The Bertz CT molecular complexity index is 519. The summed E-state index contributed by atoms with van der Waals surface area (Å²) in [5, 5.41) is 1.85. The summed E-state index contributed by atoms with van der Waals surface area (Å²) in [5.74, 6) is -0.546. The summed E-state index contributed by atoms with van der Waals surface area (Å²) >= 11 is 2.60. The molecular formula is C14H16F4N2S2. The Kier molecular flexibility index (Phi) is 5.68. The molecule has 2 rings (SSSR count). The lowest BCUT2D eigenvalue weighted by Gasteiger charge is -2.34. The van der Waals surface area contributed by atoms with E-state index in [-0.39, 0.29) is 16.8 Å². The van der Waals surface area contributed by atoms with E-state index in [1.165, 1.54) is 28.2 Å². The SMILES string of the molecule is CCN(SC1SC=CN1C)C(c1ccc(F)cc1)C(F)(F)F. The highest BCUT2D eigenvalue weighted by atomic mass is 32.2. The van der Waals surface area contributed by atoms with Crippen molar-refractivity contribution >= 4 is 23.7 Å². The van der Waals surface area contributed by atoms with Crippen molar-refractivity contribution < 1.29 is 17.6 Å². The van der Waals surface area contributed by atoms with E-state index in [4.69, 9.17) is 0 Å². The van der Waals surface area contributed by atoms with Gasteiger partial charge in [0.05, 0.1) is 0 Å². The highest BCUT2D eigenvalue weighted by Crippen LogP contribution is 2.44. The van der Waals surface area contributed by atoms with Gasteiger partial charge in [-0.25, -0.2) is 8.70 Å². The van der Waals surface area contributed by atoms with Gasteiger partial charge in [0.15, 0.2) is 0 Å². The van der Waals surface area contributed by atoms with Crippen LogP contribution in [0, 0.1) is 5.82 Å². The van der Waals surface area contributed by atoms with Gasteiger partial charge in [-0.15, -0.1) is 0 Å². The standard InChI is InChI=1S/C14H16F4N2S2/c1-3-20(22-13-19(2)8-9-21-13)12(14(16,17)18)10-4-6-11(15)7-5-10/h4-9,12-13H,3H2,1-2H3. The Morgan fingerprint density at radius 3 is 2.41 bits per heavy atom. The average molecular weight is 352 g/mol. The maximum atomic E-state index is 13.5. The van der Waals surface area contributed by atoms with E-state index in [0.717, 1.165) is 24.1 Å². The average Bonchev–Trinajstić information content (AvgIpc) is 2.84. The van der Waals surface area contributed by atoms with E-state index in [9.17, 15) is 17.6 Å². The molecule has 2 unspecified atom stereocenters. The van der Waals surface area contributed by atoms with Gasteiger partial charge in [-0.1, -0.05) is 30.8 Å². The number of rotatable bonds is 5. The largest absolute Gasteiger partial charge is 0.408 e. The molecule has 1 aliphatic rings. The van der Waals surface area contributed by atoms with Gasteiger partial charge in [0.1, 0.15) is 16.6 Å². The molecule has 122 valence electrons. The Labute approximate surface area is 135 Å². The number of benzene rings is 1. The second-order valence-corrected chi connectivity index (χ2v) is 7.14. The quantitative estimate of drug-likeness (QED) is 0.553. The van der Waals surface area contributed by atoms with Gasteiger partial charge in [0.2, 0.25) is 0 Å². The second kappa shape index (κ2) is 7.14. The molecule has 0 aliphatic carbocycles. The summed E-state index contributed by atoms with van der Waals surface area (Å²) in [6.45, 7) is 1.90. The van der Waals surface area contributed by atoms with Crippen molar-refractivity contribution in [1.82, 2.24) is 9.21 Å². The molecule has 1 aromatic rings. The summed E-state index contributed by atoms with van der Waals surface area (Å²) in [7, 11) is 1.82. The molecule has 0 saturated heterocycles. The fraction of sp³-hybridized carbons (Fsp3) is 0.429. The molecule has 0 aromatic heterocycles. The minimum atomic E-state index is -4.43. The third-order valence-corrected chi connectivity index (χ3v) is 5.83. The van der Waals surface area contributed by atoms with Crippen molar-refractivity contribution in [3.8, 4) is 0 Å². The molecule has 0 bridgehead atoms. The predicted octanol–water partition coefficient (Wildman–Crippen LogP) is 4.83. The van der Waals surface area contributed by atoms with Crippen molar-refractivity contribution in [3.05, 3.63) is 47.3 Å². The van der Waals surface area contributed by atoms with Crippen LogP contribution in [0.25, 0.3) is 0 Å². The number of thioether (sulfide) groups is 1. The summed E-state index contributed by atoms with van der Waals surface area (Å²) in [5.41, 5.74) is 0.0434. The summed E-state index contributed by atoms with van der Waals surface area (Å²) < 4.78 is 54.7. The summed E-state index contributed by atoms with van der Waals surface area (Å²) in [6, 6.07) is 2.74. The number of halogens is 4. The normalized spacial score (nSPS) is 20.0. The zero-order chi connectivity index (χ0) is 16.3. The van der Waals surface area contributed by atoms with E-state index >= 15 is 0 Å². The maximum absolute atomic E-state index is 13.5. The van der Waals surface area contributed by atoms with Gasteiger partial charge in [-0.05, 0) is 35.1 Å². The third-order valence-electron chi connectivity index (χ3n) is 3.14. The molecule has 8 heteroatoms. The van der Waals surface area contributed by atoms with Crippen LogP contribution in [0.5, 0.6) is 0 Å². The fourth-order valence-corrected chi connectivity index (χ4v) is 4.41. The first-order chi connectivity index (χ1) is 10.3. The molecule has 1 aliphatic heterocycles. The number of nitrogens with zero attached hydrogens (tertiary/aromatic N) is 2. The van der Waals surface area contributed by atoms with Crippen molar-refractivity contribution in [2.24, 2.45) is 0 Å². The van der Waals surface area contributed by atoms with Crippen molar-refractivity contribution in [2.45, 2.75) is 23.8 Å². The first kappa shape index (κ1) is 17.5. The van der Waals surface area contributed by atoms with Crippen LogP contribution >= 0.6 is 23.7 Å². The first-order valence-corrected chi connectivity index (χ1v) is 8.40. The monoisotopic (exact) mass is 352 g/mol. The lowest BCUT2D eigenvalue weighted by atomic mass is 10.1. The van der Waals surface area contributed by atoms with Crippen LogP contribution in [0.15, 0.2) is 35.9 Å². The molecule has 1 aromatic carbocycles. The van der Waals surface area contributed by atoms with Crippen LogP contribution in [-0.2, 0) is 0 Å². The van der Waals surface area contributed by atoms with Gasteiger partial charge in [-0.2, -0.15) is 13.2 Å². The van der Waals surface area contributed by atoms with Crippen molar-refractivity contribution in [2.75, 3.05) is 13.6 Å². The van der Waals surface area contributed by atoms with Crippen LogP contribution in [0.3, 0.4) is 0 Å². The van der Waals surface area contributed by atoms with Crippen LogP contribution in [-0.4, -0.2) is 33.7 Å². The van der Waals surface area contributed by atoms with Gasteiger partial charge in [0, 0.05) is 19.8 Å². The van der Waals surface area contributed by atoms with E-state index < -0.39 is 18.0 Å². The molecule has 0 amide bonds. The number of alkyl halides is 3. The van der Waals surface area contributed by atoms with E-state index in [1.54, 1.807) is 6.92 Å². The van der Waals surface area contributed by atoms with Crippen LogP contribution < -0.4 is 0 Å². The Morgan fingerprint density at radius 1 is 1.32 bits per heavy atom. The van der Waals surface area contributed by atoms with Crippen LogP contribution in [0.1, 0.15) is 18.5 Å². The molecular weight excluding hydrogens is 336 g/mol. The molecule has 0 saturated carbocycles. The van der Waals surface area contributed by atoms with E-state index in [2.05, 4.69) is 0 Å². The Hall–Kier alpha value is -0.860. The van der Waals surface area contributed by atoms with E-state index in [1.807, 2.05) is 23.6 Å². The lowest BCUT2D eigenvalue weighted by Crippen LogP contribution is -2.36. The highest BCUT2D eigenvalue weighted by Gasteiger charge is 2.45. The molecule has 0 N–H and O–H groups in total. The first-order valence-electron chi connectivity index (χ1n) is 6.62. The molecule has 1 heterocycles. The van der Waals surface area contributed by atoms with Crippen LogP contribution in [0.4, 0.5) is 17.6 Å². The lowest BCUT2D eigenvalue weighted by molar-refractivity contribution is -0.172. The van der Waals surface area contributed by atoms with Gasteiger partial charge >= 0.3 is 6.18 Å². The minimum absolute atomic E-state index is 0.0434. The maximum Gasteiger partial charge on any atom is 0.408 e. The Balaban J connectivity index is 2.24. The molecule has 22 heavy (non-hydrogen) atoms. The Morgan fingerprint density at radius 2 is 1.95 bits per heavy atom. The van der Waals surface area contributed by atoms with Gasteiger partial charge in [0.25, 0.3) is 0 Å². The van der Waals surface area contributed by atoms with Crippen LogP contribution in [0.2, 0.25) is 0 Å². The fourth-order valence-electron chi connectivity index (χ4n) is 2.06. The topological polar surface area (TPSA) is 6.48 Å². The van der Waals surface area contributed by atoms with E-state index in [0.29, 0.717) is 0 Å². The molecule has 0 radical (unpaired) electrons. The zero-order valence-corrected chi connectivity index (χ0v) is 13.7. The third kappa shape index (κ3) is 4.11. The van der Waals surface area contributed by atoms with Crippen molar-refractivity contribution in [1.29, 1.82) is 0 Å². The molecule has 0 fully saturated rings. The number of hydrogen-bond donors (Lipinski definition) is 0. The molecule has 2 nitrogen and oxygen atoms in total. The molecule has 0 spiro atoms. The smallest absolute Gasteiger partial charge is 0.358 e. The van der Waals surface area contributed by atoms with Gasteiger partial charge in [-0.3, -0.25) is 0 Å². The number of hydrogen-bond acceptors (Lipinski definition) is 4. The zero-order valence-electron chi connectivity index (χ0n) is 12.0. The summed E-state index contributed by atoms with van der Waals surface area (Å²) in [4.78, 5) is 1.86. The predicted molar refractivity (Wildman–Crippen MR) is 83.4 cm³/mol. The highest BCUT2D eigenvalue weighted by molar-refractivity contribution is 8.17. The minimum Gasteiger partial charge on any atom is -0.358 e. The van der Waals surface area contributed by atoms with Gasteiger partial charge < -0.3 is 4.90 Å². The molecule has 2 atom stereocenters. The van der Waals surface area contributed by atoms with Crippen molar-refractivity contribution in [3.63, 3.8) is 0 Å². The summed E-state index contributed by atoms with van der Waals surface area (Å²) in [6.07, 6.45) is -2.60. The second-order valence-electron chi connectivity index (χ2n) is 4.73.